The first-order chi connectivity index (χ1) is 13.1. The average Bonchev–Trinajstić information content (AvgIpc) is 3.29. The third-order valence-electron chi connectivity index (χ3n) is 4.39. The molecule has 1 aromatic heterocycles. The lowest BCUT2D eigenvalue weighted by molar-refractivity contribution is -0.148. The molecule has 28 heavy (non-hydrogen) atoms. The fourth-order valence-corrected chi connectivity index (χ4v) is 2.85. The van der Waals surface area contributed by atoms with Crippen molar-refractivity contribution in [2.24, 2.45) is 7.05 Å². The van der Waals surface area contributed by atoms with Crippen LogP contribution in [0.3, 0.4) is 0 Å². The molecule has 1 fully saturated rings. The minimum Gasteiger partial charge on any atom is -0.348 e. The van der Waals surface area contributed by atoms with Gasteiger partial charge in [0.15, 0.2) is 0 Å². The number of rotatable bonds is 5. The number of halogens is 4. The van der Waals surface area contributed by atoms with Crippen LogP contribution < -0.4 is 10.6 Å². The van der Waals surface area contributed by atoms with E-state index in [0.29, 0.717) is 0 Å². The Labute approximate surface area is 162 Å². The standard InChI is InChI=1S/C18H14ClF3N4O2/c1-26-7-4-11(15(27)24-10-2-3-13(20)12(19)8-10)14(26)18(21,22)16(28)25-17(9-23)5-6-17/h2-4,7-8H,5-6H2,1H3,(H,24,27)(H,25,28). The molecule has 0 unspecified atom stereocenters. The maximum Gasteiger partial charge on any atom is 0.364 e. The quantitative estimate of drug-likeness (QED) is 0.792. The van der Waals surface area contributed by atoms with Crippen molar-refractivity contribution in [2.45, 2.75) is 24.3 Å². The normalized spacial score (nSPS) is 14.9. The summed E-state index contributed by atoms with van der Waals surface area (Å²) >= 11 is 5.64. The van der Waals surface area contributed by atoms with Gasteiger partial charge >= 0.3 is 5.92 Å². The first kappa shape index (κ1) is 19.8. The zero-order valence-corrected chi connectivity index (χ0v) is 15.3. The molecule has 1 aliphatic carbocycles. The first-order valence-electron chi connectivity index (χ1n) is 8.13. The van der Waals surface area contributed by atoms with Crippen molar-refractivity contribution in [3.8, 4) is 6.07 Å². The highest BCUT2D eigenvalue weighted by atomic mass is 35.5. The monoisotopic (exact) mass is 410 g/mol. The summed E-state index contributed by atoms with van der Waals surface area (Å²) in [6.07, 6.45) is 1.79. The number of nitriles is 1. The van der Waals surface area contributed by atoms with Gasteiger partial charge in [0.05, 0.1) is 16.7 Å². The van der Waals surface area contributed by atoms with Crippen molar-refractivity contribution in [1.82, 2.24) is 9.88 Å². The zero-order chi connectivity index (χ0) is 20.7. The summed E-state index contributed by atoms with van der Waals surface area (Å²) in [5, 5.41) is 13.1. The molecule has 2 amide bonds. The maximum absolute atomic E-state index is 14.8. The Morgan fingerprint density at radius 2 is 2.00 bits per heavy atom. The van der Waals surface area contributed by atoms with E-state index in [9.17, 15) is 22.8 Å². The topological polar surface area (TPSA) is 86.9 Å². The van der Waals surface area contributed by atoms with Gasteiger partial charge in [-0.15, -0.1) is 0 Å². The van der Waals surface area contributed by atoms with E-state index >= 15 is 0 Å². The number of nitrogens with zero attached hydrogens (tertiary/aromatic N) is 2. The number of aromatic nitrogens is 1. The molecule has 1 aliphatic rings. The van der Waals surface area contributed by atoms with Gasteiger partial charge in [-0.05, 0) is 37.1 Å². The van der Waals surface area contributed by atoms with Gasteiger partial charge in [0.2, 0.25) is 0 Å². The molecule has 0 atom stereocenters. The molecular formula is C18H14ClF3N4O2. The number of aryl methyl sites for hydroxylation is 1. The Morgan fingerprint density at radius 1 is 1.32 bits per heavy atom. The van der Waals surface area contributed by atoms with Gasteiger partial charge in [0.1, 0.15) is 17.1 Å². The smallest absolute Gasteiger partial charge is 0.348 e. The minimum atomic E-state index is -4.06. The van der Waals surface area contributed by atoms with Gasteiger partial charge in [-0.25, -0.2) is 4.39 Å². The Hall–Kier alpha value is -2.99. The second-order valence-electron chi connectivity index (χ2n) is 6.49. The molecule has 2 aromatic rings. The molecule has 1 saturated carbocycles. The van der Waals surface area contributed by atoms with Crippen LogP contribution in [0, 0.1) is 17.1 Å². The summed E-state index contributed by atoms with van der Waals surface area (Å²) < 4.78 is 43.8. The third kappa shape index (κ3) is 3.55. The SMILES string of the molecule is Cn1ccc(C(=O)Nc2ccc(F)c(Cl)c2)c1C(F)(F)C(=O)NC1(C#N)CC1. The van der Waals surface area contributed by atoms with Gasteiger partial charge in [-0.2, -0.15) is 14.0 Å². The molecule has 2 N–H and O–H groups in total. The van der Waals surface area contributed by atoms with Crippen molar-refractivity contribution >= 4 is 29.1 Å². The van der Waals surface area contributed by atoms with Crippen LogP contribution in [-0.2, 0) is 17.8 Å². The number of carbonyl (C=O) groups is 2. The summed E-state index contributed by atoms with van der Waals surface area (Å²) in [4.78, 5) is 24.6. The fraction of sp³-hybridized carbons (Fsp3) is 0.278. The predicted molar refractivity (Wildman–Crippen MR) is 94.4 cm³/mol. The van der Waals surface area contributed by atoms with Crippen LogP contribution in [0.5, 0.6) is 0 Å². The number of hydrogen-bond acceptors (Lipinski definition) is 3. The van der Waals surface area contributed by atoms with E-state index in [4.69, 9.17) is 16.9 Å². The predicted octanol–water partition coefficient (Wildman–Crippen LogP) is 3.33. The van der Waals surface area contributed by atoms with Crippen molar-refractivity contribution in [2.75, 3.05) is 5.32 Å². The van der Waals surface area contributed by atoms with Crippen molar-refractivity contribution in [1.29, 1.82) is 5.26 Å². The van der Waals surface area contributed by atoms with Crippen LogP contribution >= 0.6 is 11.6 Å². The molecular weight excluding hydrogens is 397 g/mol. The number of amides is 2. The Balaban J connectivity index is 1.88. The van der Waals surface area contributed by atoms with Gasteiger partial charge in [0.25, 0.3) is 11.8 Å². The molecule has 1 aromatic carbocycles. The molecule has 10 heteroatoms. The lowest BCUT2D eigenvalue weighted by Gasteiger charge is -2.20. The van der Waals surface area contributed by atoms with E-state index in [1.54, 1.807) is 6.07 Å². The molecule has 0 spiro atoms. The molecule has 0 aliphatic heterocycles. The maximum atomic E-state index is 14.8. The highest BCUT2D eigenvalue weighted by Gasteiger charge is 2.52. The number of hydrogen-bond donors (Lipinski definition) is 2. The number of alkyl halides is 2. The number of anilines is 1. The fourth-order valence-electron chi connectivity index (χ4n) is 2.67. The highest BCUT2D eigenvalue weighted by Crippen LogP contribution is 2.38. The molecule has 146 valence electrons. The van der Waals surface area contributed by atoms with Crippen molar-refractivity contribution in [3.05, 3.63) is 52.6 Å². The largest absolute Gasteiger partial charge is 0.364 e. The summed E-state index contributed by atoms with van der Waals surface area (Å²) in [5.41, 5.74) is -2.45. The van der Waals surface area contributed by atoms with Crippen LogP contribution in [-0.4, -0.2) is 21.9 Å². The van der Waals surface area contributed by atoms with E-state index in [1.807, 2.05) is 5.32 Å². The van der Waals surface area contributed by atoms with Crippen LogP contribution in [0.4, 0.5) is 18.9 Å². The molecule has 3 rings (SSSR count). The van der Waals surface area contributed by atoms with Gasteiger partial charge < -0.3 is 15.2 Å². The average molecular weight is 411 g/mol. The Kier molecular flexibility index (Phi) is 4.85. The Morgan fingerprint density at radius 3 is 2.57 bits per heavy atom. The van der Waals surface area contributed by atoms with Crippen molar-refractivity contribution in [3.63, 3.8) is 0 Å². The summed E-state index contributed by atoms with van der Waals surface area (Å²) in [7, 11) is 1.26. The van der Waals surface area contributed by atoms with Crippen molar-refractivity contribution < 1.29 is 22.8 Å². The number of nitrogens with one attached hydrogen (secondary N) is 2. The second kappa shape index (κ2) is 6.87. The van der Waals surface area contributed by atoms with E-state index in [1.165, 1.54) is 19.3 Å². The molecule has 0 saturated heterocycles. The van der Waals surface area contributed by atoms with Crippen LogP contribution in [0.2, 0.25) is 5.02 Å². The minimum absolute atomic E-state index is 0.0976. The number of benzene rings is 1. The first-order valence-corrected chi connectivity index (χ1v) is 8.51. The summed E-state index contributed by atoms with van der Waals surface area (Å²) in [6.45, 7) is 0. The number of carbonyl (C=O) groups excluding carboxylic acids is 2. The van der Waals surface area contributed by atoms with Gasteiger partial charge in [0, 0.05) is 18.9 Å². The van der Waals surface area contributed by atoms with E-state index in [2.05, 4.69) is 5.32 Å². The summed E-state index contributed by atoms with van der Waals surface area (Å²) in [6, 6.07) is 6.30. The van der Waals surface area contributed by atoms with Crippen LogP contribution in [0.15, 0.2) is 30.5 Å². The highest BCUT2D eigenvalue weighted by molar-refractivity contribution is 6.31. The molecule has 1 heterocycles. The van der Waals surface area contributed by atoms with Crippen LogP contribution in [0.25, 0.3) is 0 Å². The molecule has 0 radical (unpaired) electrons. The lowest BCUT2D eigenvalue weighted by Crippen LogP contribution is -2.46. The Bertz CT molecular complexity index is 1010. The van der Waals surface area contributed by atoms with Crippen LogP contribution in [0.1, 0.15) is 28.9 Å². The zero-order valence-electron chi connectivity index (χ0n) is 14.5. The molecule has 6 nitrogen and oxygen atoms in total. The van der Waals surface area contributed by atoms with E-state index in [-0.39, 0.29) is 23.6 Å². The second-order valence-corrected chi connectivity index (χ2v) is 6.90. The summed E-state index contributed by atoms with van der Waals surface area (Å²) in [5.74, 6) is -7.34. The van der Waals surface area contributed by atoms with Gasteiger partial charge in [-0.3, -0.25) is 9.59 Å². The lowest BCUT2D eigenvalue weighted by atomic mass is 10.1. The van der Waals surface area contributed by atoms with Gasteiger partial charge in [-0.1, -0.05) is 11.6 Å². The molecule has 0 bridgehead atoms. The van der Waals surface area contributed by atoms with E-state index < -0.39 is 40.4 Å². The van der Waals surface area contributed by atoms with E-state index in [0.717, 1.165) is 22.8 Å². The third-order valence-corrected chi connectivity index (χ3v) is 4.68.